The minimum atomic E-state index is 0. The first kappa shape index (κ1) is 27.0. The second kappa shape index (κ2) is 12.2. The molecule has 1 aromatic heterocycles. The Hall–Kier alpha value is -2.99. The van der Waals surface area contributed by atoms with Gasteiger partial charge < -0.3 is 9.67 Å². The largest absolute Gasteiger partial charge is 0.507 e. The van der Waals surface area contributed by atoms with Gasteiger partial charge in [-0.3, -0.25) is 4.79 Å². The van der Waals surface area contributed by atoms with E-state index in [-0.39, 0.29) is 26.2 Å². The Morgan fingerprint density at radius 2 is 1.84 bits per heavy atom. The van der Waals surface area contributed by atoms with Gasteiger partial charge in [-0.2, -0.15) is 0 Å². The predicted molar refractivity (Wildman–Crippen MR) is 138 cm³/mol. The number of benzene rings is 1. The van der Waals surface area contributed by atoms with E-state index in [1.165, 1.54) is 12.0 Å². The van der Waals surface area contributed by atoms with Crippen molar-refractivity contribution in [2.75, 3.05) is 0 Å². The van der Waals surface area contributed by atoms with Crippen molar-refractivity contribution in [1.29, 1.82) is 0 Å². The van der Waals surface area contributed by atoms with Gasteiger partial charge in [-0.15, -0.1) is 6.42 Å². The third-order valence-electron chi connectivity index (χ3n) is 5.87. The molecule has 32 heavy (non-hydrogen) atoms. The highest BCUT2D eigenvalue weighted by molar-refractivity contribution is 5.74. The number of hydrogen-bond acceptors (Lipinski definition) is 2. The number of pyridine rings is 1. The number of aromatic nitrogens is 1. The third kappa shape index (κ3) is 5.43. The lowest BCUT2D eigenvalue weighted by Crippen LogP contribution is -2.30. The molecule has 3 nitrogen and oxygen atoms in total. The summed E-state index contributed by atoms with van der Waals surface area (Å²) in [5.74, 6) is 2.61. The summed E-state index contributed by atoms with van der Waals surface area (Å²) in [4.78, 5) is 13.1. The van der Waals surface area contributed by atoms with Gasteiger partial charge in [0.15, 0.2) is 0 Å². The normalized spacial score (nSPS) is 13.8. The van der Waals surface area contributed by atoms with E-state index in [2.05, 4.69) is 31.1 Å². The Bertz CT molecular complexity index is 1090. The van der Waals surface area contributed by atoms with E-state index >= 15 is 0 Å². The maximum atomic E-state index is 13.1. The number of allylic oxidation sites excluding steroid dienone is 4. The van der Waals surface area contributed by atoms with E-state index in [1.807, 2.05) is 24.5 Å². The summed E-state index contributed by atoms with van der Waals surface area (Å²) < 4.78 is 1.95. The van der Waals surface area contributed by atoms with E-state index in [0.29, 0.717) is 12.1 Å². The summed E-state index contributed by atoms with van der Waals surface area (Å²) in [7, 11) is 0. The highest BCUT2D eigenvalue weighted by atomic mass is 16.3. The van der Waals surface area contributed by atoms with Crippen molar-refractivity contribution in [3.05, 3.63) is 80.3 Å². The van der Waals surface area contributed by atoms with Gasteiger partial charge in [0.25, 0.3) is 5.56 Å². The van der Waals surface area contributed by atoms with Crippen molar-refractivity contribution < 1.29 is 5.11 Å². The van der Waals surface area contributed by atoms with Crippen LogP contribution in [0.2, 0.25) is 0 Å². The Balaban J connectivity index is 0.00000125. The minimum absolute atomic E-state index is 0. The van der Waals surface area contributed by atoms with E-state index in [9.17, 15) is 9.90 Å². The van der Waals surface area contributed by atoms with E-state index in [4.69, 9.17) is 6.42 Å². The van der Waals surface area contributed by atoms with Crippen LogP contribution in [0.15, 0.2) is 46.8 Å². The van der Waals surface area contributed by atoms with Crippen LogP contribution in [-0.4, -0.2) is 9.67 Å². The van der Waals surface area contributed by atoms with E-state index in [1.54, 1.807) is 12.1 Å². The highest BCUT2D eigenvalue weighted by Gasteiger charge is 2.18. The maximum Gasteiger partial charge on any atom is 0.254 e. The van der Waals surface area contributed by atoms with Crippen LogP contribution < -0.4 is 5.56 Å². The van der Waals surface area contributed by atoms with Gasteiger partial charge in [0.2, 0.25) is 0 Å². The van der Waals surface area contributed by atoms with Crippen LogP contribution in [0.1, 0.15) is 82.8 Å². The maximum absolute atomic E-state index is 13.1. The van der Waals surface area contributed by atoms with Crippen LogP contribution in [0.5, 0.6) is 5.75 Å². The number of rotatable bonds is 4. The molecule has 0 spiro atoms. The predicted octanol–water partition coefficient (Wildman–Crippen LogP) is 6.69. The molecule has 0 bridgehead atoms. The molecule has 4 rings (SSSR count). The molecule has 0 saturated carbocycles. The van der Waals surface area contributed by atoms with Crippen molar-refractivity contribution in [3.63, 3.8) is 0 Å². The summed E-state index contributed by atoms with van der Waals surface area (Å²) in [5.41, 5.74) is 7.32. The first-order valence-corrected chi connectivity index (χ1v) is 11.0. The second-order valence-electron chi connectivity index (χ2n) is 7.62. The van der Waals surface area contributed by atoms with Crippen LogP contribution in [0.4, 0.5) is 0 Å². The zero-order valence-electron chi connectivity index (χ0n) is 18.3. The molecule has 1 aromatic carbocycles. The van der Waals surface area contributed by atoms with Crippen LogP contribution in [0.25, 0.3) is 5.57 Å². The molecular formula is C29H39NO2. The molecule has 0 fully saturated rings. The number of fused-ring (bicyclic) bond motifs is 1. The molecule has 2 aromatic rings. The molecule has 2 aliphatic carbocycles. The number of hydrogen-bond donors (Lipinski definition) is 1. The second-order valence-corrected chi connectivity index (χ2v) is 7.62. The van der Waals surface area contributed by atoms with E-state index < -0.39 is 0 Å². The van der Waals surface area contributed by atoms with E-state index in [0.717, 1.165) is 60.1 Å². The van der Waals surface area contributed by atoms with Gasteiger partial charge in [-0.05, 0) is 79.0 Å². The van der Waals surface area contributed by atoms with Crippen LogP contribution in [-0.2, 0) is 25.8 Å². The Labute approximate surface area is 194 Å². The van der Waals surface area contributed by atoms with Gasteiger partial charge in [0, 0.05) is 11.3 Å². The number of phenols is 1. The zero-order valence-corrected chi connectivity index (χ0v) is 18.3. The summed E-state index contributed by atoms with van der Waals surface area (Å²) >= 11 is 0. The number of nitrogens with zero attached hydrogens (tertiary/aromatic N) is 1. The molecule has 3 heteroatoms. The number of terminal acetylenes is 1. The fourth-order valence-corrected chi connectivity index (χ4v) is 4.30. The van der Waals surface area contributed by atoms with Crippen molar-refractivity contribution in [2.45, 2.75) is 80.7 Å². The smallest absolute Gasteiger partial charge is 0.254 e. The van der Waals surface area contributed by atoms with Crippen LogP contribution in [0, 0.1) is 12.3 Å². The summed E-state index contributed by atoms with van der Waals surface area (Å²) in [6, 6.07) is 7.68. The average molecular weight is 434 g/mol. The zero-order chi connectivity index (χ0) is 21.7. The summed E-state index contributed by atoms with van der Waals surface area (Å²) in [6.07, 6.45) is 15.6. The van der Waals surface area contributed by atoms with Crippen molar-refractivity contribution >= 4 is 5.57 Å². The molecule has 0 amide bonds. The Morgan fingerprint density at radius 1 is 1.12 bits per heavy atom. The lowest BCUT2D eigenvalue weighted by atomic mass is 9.92. The SMILES string of the molecule is C.C.C#Cc1ccc(C2=CC(Cn3c(CC)cc4c(c3=O)CCCC4)=CC2)cc1O.CC. The first-order chi connectivity index (χ1) is 14.6. The standard InChI is InChI=1S/C25H25NO2.C2H6.2CH4/c1-3-18-11-12-20(15-24(18)27)19-10-9-17(13-19)16-26-22(4-2)14-21-7-5-6-8-23(21)25(26)28;1-2;;/h1,9,11-15,27H,4-8,10,16H2,2H3;1-2H3;2*1H4. The molecule has 172 valence electrons. The minimum Gasteiger partial charge on any atom is -0.507 e. The molecule has 0 aliphatic heterocycles. The molecule has 1 heterocycles. The lowest BCUT2D eigenvalue weighted by molar-refractivity contribution is 0.473. The quantitative estimate of drug-likeness (QED) is 0.546. The van der Waals surface area contributed by atoms with Gasteiger partial charge in [-0.25, -0.2) is 0 Å². The van der Waals surface area contributed by atoms with Gasteiger partial charge in [-0.1, -0.05) is 59.8 Å². The molecule has 0 radical (unpaired) electrons. The molecule has 0 atom stereocenters. The summed E-state index contributed by atoms with van der Waals surface area (Å²) in [5, 5.41) is 10.0. The van der Waals surface area contributed by atoms with Crippen LogP contribution >= 0.6 is 0 Å². The molecule has 2 aliphatic rings. The molecular weight excluding hydrogens is 394 g/mol. The molecule has 1 N–H and O–H groups in total. The van der Waals surface area contributed by atoms with Gasteiger partial charge in [0.1, 0.15) is 5.75 Å². The van der Waals surface area contributed by atoms with Gasteiger partial charge in [0.05, 0.1) is 12.1 Å². The van der Waals surface area contributed by atoms with Crippen molar-refractivity contribution in [1.82, 2.24) is 4.57 Å². The summed E-state index contributed by atoms with van der Waals surface area (Å²) in [6.45, 7) is 6.72. The monoisotopic (exact) mass is 433 g/mol. The topological polar surface area (TPSA) is 42.2 Å². The number of aromatic hydroxyl groups is 1. The van der Waals surface area contributed by atoms with Gasteiger partial charge >= 0.3 is 0 Å². The fourth-order valence-electron chi connectivity index (χ4n) is 4.30. The Kier molecular flexibility index (Phi) is 10.3. The first-order valence-electron chi connectivity index (χ1n) is 11.0. The number of phenolic OH excluding ortho intramolecular Hbond substituents is 1. The van der Waals surface area contributed by atoms with Crippen LogP contribution in [0.3, 0.4) is 0 Å². The van der Waals surface area contributed by atoms with Crippen molar-refractivity contribution in [3.8, 4) is 18.1 Å². The Morgan fingerprint density at radius 3 is 2.50 bits per heavy atom. The number of aryl methyl sites for hydroxylation is 2. The third-order valence-corrected chi connectivity index (χ3v) is 5.87. The molecule has 0 unspecified atom stereocenters. The van der Waals surface area contributed by atoms with Crippen molar-refractivity contribution in [2.24, 2.45) is 0 Å². The lowest BCUT2D eigenvalue weighted by Gasteiger charge is -2.20. The highest BCUT2D eigenvalue weighted by Crippen LogP contribution is 2.31. The average Bonchev–Trinajstić information content (AvgIpc) is 3.25. The molecule has 0 saturated heterocycles. The fraction of sp³-hybridized carbons (Fsp3) is 0.414.